The number of hydrogen-bond donors (Lipinski definition) is 3. The first-order valence-electron chi connectivity index (χ1n) is 11.9. The summed E-state index contributed by atoms with van der Waals surface area (Å²) in [6.07, 6.45) is 9.11. The van der Waals surface area contributed by atoms with Crippen molar-refractivity contribution in [1.82, 2.24) is 25.3 Å². The normalized spacial score (nSPS) is 15.5. The Morgan fingerprint density at radius 3 is 2.97 bits per heavy atom. The first kappa shape index (κ1) is 24.0. The van der Waals surface area contributed by atoms with Crippen LogP contribution in [0.5, 0.6) is 0 Å². The maximum atomic E-state index is 12.5. The van der Waals surface area contributed by atoms with E-state index < -0.39 is 9.84 Å². The quantitative estimate of drug-likeness (QED) is 0.292. The molecule has 0 saturated carbocycles. The lowest BCUT2D eigenvalue weighted by Gasteiger charge is -2.22. The van der Waals surface area contributed by atoms with Crippen LogP contribution in [0.2, 0.25) is 0 Å². The SMILES string of the molecule is CS(=O)(=O)CCCNC(=O)CC1CCc2[nH]c3ncnc(Nc4cccc(-c5cnco5)c4)c3c2C1. The molecule has 10 nitrogen and oxygen atoms in total. The van der Waals surface area contributed by atoms with Crippen LogP contribution in [0.25, 0.3) is 22.4 Å². The Kier molecular flexibility index (Phi) is 6.73. The van der Waals surface area contributed by atoms with Crippen molar-refractivity contribution in [3.05, 3.63) is 54.4 Å². The van der Waals surface area contributed by atoms with Crippen molar-refractivity contribution in [2.75, 3.05) is 23.9 Å². The molecule has 4 aromatic rings. The molecule has 36 heavy (non-hydrogen) atoms. The van der Waals surface area contributed by atoms with Crippen molar-refractivity contribution in [3.8, 4) is 11.3 Å². The molecular weight excluding hydrogens is 480 g/mol. The molecule has 3 N–H and O–H groups in total. The lowest BCUT2D eigenvalue weighted by atomic mass is 9.84. The number of carbonyl (C=O) groups excluding carboxylic acids is 1. The topological polar surface area (TPSA) is 143 Å². The third-order valence-electron chi connectivity index (χ3n) is 6.41. The van der Waals surface area contributed by atoms with E-state index >= 15 is 0 Å². The molecule has 1 atom stereocenters. The van der Waals surface area contributed by atoms with Crippen LogP contribution in [0.3, 0.4) is 0 Å². The molecule has 0 aliphatic heterocycles. The minimum atomic E-state index is -3.02. The number of aromatic nitrogens is 4. The Morgan fingerprint density at radius 1 is 1.28 bits per heavy atom. The molecule has 0 radical (unpaired) electrons. The van der Waals surface area contributed by atoms with Gasteiger partial charge in [0.05, 0.1) is 17.3 Å². The molecule has 188 valence electrons. The van der Waals surface area contributed by atoms with Crippen LogP contribution in [0.15, 0.2) is 47.6 Å². The molecule has 1 aliphatic carbocycles. The highest BCUT2D eigenvalue weighted by molar-refractivity contribution is 7.90. The number of amides is 1. The fraction of sp³-hybridized carbons (Fsp3) is 0.360. The molecule has 0 spiro atoms. The Balaban J connectivity index is 1.30. The van der Waals surface area contributed by atoms with Crippen LogP contribution >= 0.6 is 0 Å². The summed E-state index contributed by atoms with van der Waals surface area (Å²) in [6.45, 7) is 0.367. The molecule has 11 heteroatoms. The summed E-state index contributed by atoms with van der Waals surface area (Å²) in [5, 5.41) is 7.22. The average Bonchev–Trinajstić information content (AvgIpc) is 3.50. The van der Waals surface area contributed by atoms with Gasteiger partial charge in [0, 0.05) is 36.2 Å². The van der Waals surface area contributed by atoms with E-state index in [-0.39, 0.29) is 17.6 Å². The molecule has 0 fully saturated rings. The van der Waals surface area contributed by atoms with Gasteiger partial charge in [0.1, 0.15) is 27.6 Å². The van der Waals surface area contributed by atoms with E-state index in [9.17, 15) is 13.2 Å². The Hall–Kier alpha value is -3.73. The Labute approximate surface area is 208 Å². The zero-order chi connectivity index (χ0) is 25.1. The van der Waals surface area contributed by atoms with Crippen LogP contribution in [0.4, 0.5) is 11.5 Å². The van der Waals surface area contributed by atoms with Crippen LogP contribution in [0.1, 0.15) is 30.5 Å². The van der Waals surface area contributed by atoms with E-state index in [0.717, 1.165) is 52.8 Å². The lowest BCUT2D eigenvalue weighted by molar-refractivity contribution is -0.122. The summed E-state index contributed by atoms with van der Waals surface area (Å²) in [4.78, 5) is 28.9. The van der Waals surface area contributed by atoms with Crippen molar-refractivity contribution in [2.45, 2.75) is 32.1 Å². The number of hydrogen-bond acceptors (Lipinski definition) is 8. The number of aromatic amines is 1. The molecule has 0 saturated heterocycles. The Bertz CT molecular complexity index is 1480. The smallest absolute Gasteiger partial charge is 0.220 e. The summed E-state index contributed by atoms with van der Waals surface area (Å²) < 4.78 is 28.0. The van der Waals surface area contributed by atoms with Crippen LogP contribution < -0.4 is 10.6 Å². The first-order valence-corrected chi connectivity index (χ1v) is 14.0. The molecule has 1 unspecified atom stereocenters. The summed E-state index contributed by atoms with van der Waals surface area (Å²) in [5.74, 6) is 1.61. The van der Waals surface area contributed by atoms with E-state index in [2.05, 4.69) is 30.6 Å². The maximum absolute atomic E-state index is 12.5. The molecule has 1 aromatic carbocycles. The number of nitrogens with one attached hydrogen (secondary N) is 3. The third kappa shape index (κ3) is 5.56. The van der Waals surface area contributed by atoms with Gasteiger partial charge in [-0.2, -0.15) is 0 Å². The maximum Gasteiger partial charge on any atom is 0.220 e. The van der Waals surface area contributed by atoms with Crippen molar-refractivity contribution in [2.24, 2.45) is 5.92 Å². The highest BCUT2D eigenvalue weighted by Gasteiger charge is 2.26. The van der Waals surface area contributed by atoms with Crippen molar-refractivity contribution < 1.29 is 17.6 Å². The van der Waals surface area contributed by atoms with Gasteiger partial charge in [-0.05, 0) is 49.3 Å². The molecule has 3 heterocycles. The fourth-order valence-corrected chi connectivity index (χ4v) is 5.39. The molecule has 0 bridgehead atoms. The number of benzene rings is 1. The van der Waals surface area contributed by atoms with Crippen LogP contribution in [-0.4, -0.2) is 52.8 Å². The van der Waals surface area contributed by atoms with Gasteiger partial charge in [0.25, 0.3) is 0 Å². The largest absolute Gasteiger partial charge is 0.444 e. The van der Waals surface area contributed by atoms with Gasteiger partial charge >= 0.3 is 0 Å². The molecule has 1 aliphatic rings. The van der Waals surface area contributed by atoms with Gasteiger partial charge in [-0.3, -0.25) is 4.79 Å². The zero-order valence-corrected chi connectivity index (χ0v) is 20.8. The van der Waals surface area contributed by atoms with E-state index in [1.165, 1.54) is 19.0 Å². The highest BCUT2D eigenvalue weighted by Crippen LogP contribution is 2.36. The van der Waals surface area contributed by atoms with Gasteiger partial charge in [-0.25, -0.2) is 23.4 Å². The average molecular weight is 509 g/mol. The number of nitrogens with zero attached hydrogens (tertiary/aromatic N) is 3. The second kappa shape index (κ2) is 10.1. The monoisotopic (exact) mass is 508 g/mol. The fourth-order valence-electron chi connectivity index (χ4n) is 4.72. The highest BCUT2D eigenvalue weighted by atomic mass is 32.2. The van der Waals surface area contributed by atoms with Crippen LogP contribution in [-0.2, 0) is 27.5 Å². The summed E-state index contributed by atoms with van der Waals surface area (Å²) in [5.41, 5.74) is 4.81. The lowest BCUT2D eigenvalue weighted by Crippen LogP contribution is -2.29. The molecule has 3 aromatic heterocycles. The van der Waals surface area contributed by atoms with E-state index in [4.69, 9.17) is 4.42 Å². The number of carbonyl (C=O) groups is 1. The van der Waals surface area contributed by atoms with Gasteiger partial charge in [-0.1, -0.05) is 12.1 Å². The number of rotatable bonds is 9. The third-order valence-corrected chi connectivity index (χ3v) is 7.44. The predicted molar refractivity (Wildman–Crippen MR) is 137 cm³/mol. The predicted octanol–water partition coefficient (Wildman–Crippen LogP) is 3.40. The number of oxazole rings is 1. The van der Waals surface area contributed by atoms with E-state index in [1.807, 2.05) is 24.3 Å². The molecule has 1 amide bonds. The minimum Gasteiger partial charge on any atom is -0.444 e. The van der Waals surface area contributed by atoms with E-state index in [1.54, 1.807) is 6.20 Å². The second-order valence-electron chi connectivity index (χ2n) is 9.25. The molecule has 5 rings (SSSR count). The second-order valence-corrected chi connectivity index (χ2v) is 11.5. The zero-order valence-electron chi connectivity index (χ0n) is 20.0. The molecular formula is C25H28N6O4S. The van der Waals surface area contributed by atoms with Gasteiger partial charge < -0.3 is 20.0 Å². The number of anilines is 2. The summed E-state index contributed by atoms with van der Waals surface area (Å²) >= 11 is 0. The van der Waals surface area contributed by atoms with Crippen molar-refractivity contribution in [1.29, 1.82) is 0 Å². The number of sulfone groups is 1. The number of fused-ring (bicyclic) bond motifs is 3. The standard InChI is InChI=1S/C25H28N6O4S/c1-36(33,34)9-3-8-27-22(32)11-16-6-7-20-19(10-16)23-24(28-14-29-25(23)31-20)30-18-5-2-4-17(12-18)21-13-26-15-35-21/h2,4-5,12-16H,3,6-11H2,1H3,(H,27,32)(H2,28,29,30,31). The summed E-state index contributed by atoms with van der Waals surface area (Å²) in [6, 6.07) is 7.83. The van der Waals surface area contributed by atoms with Crippen LogP contribution in [0, 0.1) is 5.92 Å². The minimum absolute atomic E-state index is 0.0457. The van der Waals surface area contributed by atoms with E-state index in [0.29, 0.717) is 31.0 Å². The number of aryl methyl sites for hydroxylation is 1. The van der Waals surface area contributed by atoms with Crippen molar-refractivity contribution >= 4 is 38.3 Å². The first-order chi connectivity index (χ1) is 17.4. The van der Waals surface area contributed by atoms with Crippen molar-refractivity contribution in [3.63, 3.8) is 0 Å². The van der Waals surface area contributed by atoms with Gasteiger partial charge in [-0.15, -0.1) is 0 Å². The number of H-pyrrole nitrogens is 1. The van der Waals surface area contributed by atoms with Gasteiger partial charge in [0.2, 0.25) is 5.91 Å². The Morgan fingerprint density at radius 2 is 2.17 bits per heavy atom. The van der Waals surface area contributed by atoms with Gasteiger partial charge in [0.15, 0.2) is 12.2 Å². The summed E-state index contributed by atoms with van der Waals surface area (Å²) in [7, 11) is -3.02.